The van der Waals surface area contributed by atoms with E-state index in [1.54, 1.807) is 6.20 Å². The first-order valence-electron chi connectivity index (χ1n) is 8.57. The number of para-hydroxylation sites is 1. The Balaban J connectivity index is 1.91. The predicted octanol–water partition coefficient (Wildman–Crippen LogP) is 4.54. The molecular weight excluding hydrogens is 322 g/mol. The van der Waals surface area contributed by atoms with Crippen LogP contribution in [0.5, 0.6) is 0 Å². The van der Waals surface area contributed by atoms with E-state index in [1.807, 2.05) is 33.7 Å². The predicted molar refractivity (Wildman–Crippen MR) is 96.2 cm³/mol. The number of aromatic nitrogens is 3. The Labute approximate surface area is 144 Å². The number of hydrogen-bond acceptors (Lipinski definition) is 3. The Bertz CT molecular complexity index is 951. The summed E-state index contributed by atoms with van der Waals surface area (Å²) < 4.78 is 29.0. The van der Waals surface area contributed by atoms with E-state index in [0.29, 0.717) is 5.95 Å². The van der Waals surface area contributed by atoms with Crippen molar-refractivity contribution in [1.82, 2.24) is 14.4 Å². The molecule has 0 spiro atoms. The van der Waals surface area contributed by atoms with Crippen LogP contribution in [-0.4, -0.2) is 33.4 Å². The number of alkyl halides is 2. The summed E-state index contributed by atoms with van der Waals surface area (Å²) in [6, 6.07) is 5.98. The van der Waals surface area contributed by atoms with Gasteiger partial charge in [0.15, 0.2) is 0 Å². The summed E-state index contributed by atoms with van der Waals surface area (Å²) in [7, 11) is 0. The zero-order chi connectivity index (χ0) is 17.6. The molecule has 1 aliphatic heterocycles. The quantitative estimate of drug-likeness (QED) is 0.700. The minimum Gasteiger partial charge on any atom is -0.341 e. The molecule has 4 nitrogen and oxygen atoms in total. The summed E-state index contributed by atoms with van der Waals surface area (Å²) in [6.07, 6.45) is 4.09. The first-order chi connectivity index (χ1) is 12.0. The Morgan fingerprint density at radius 3 is 2.76 bits per heavy atom. The Hall–Kier alpha value is -2.50. The van der Waals surface area contributed by atoms with E-state index in [9.17, 15) is 8.78 Å². The molecule has 1 aromatic carbocycles. The molecule has 6 heteroatoms. The molecule has 4 rings (SSSR count). The number of fused-ring (bicyclic) bond motifs is 3. The van der Waals surface area contributed by atoms with E-state index in [2.05, 4.69) is 18.5 Å². The van der Waals surface area contributed by atoms with Crippen LogP contribution in [0.4, 0.5) is 14.7 Å². The first-order valence-corrected chi connectivity index (χ1v) is 8.57. The highest BCUT2D eigenvalue weighted by Crippen LogP contribution is 2.33. The fourth-order valence-electron chi connectivity index (χ4n) is 3.40. The molecule has 0 N–H and O–H groups in total. The maximum absolute atomic E-state index is 13.5. The lowest BCUT2D eigenvalue weighted by Gasteiger charge is -2.32. The minimum absolute atomic E-state index is 0.147. The summed E-state index contributed by atoms with van der Waals surface area (Å²) in [5.41, 5.74) is 3.63. The standard InChI is InChI=1S/C19H20F2N4/c1-3-13(2)14-5-4-6-15-16(14)23-18(25-12-9-22-17(15)25)24-10-7-19(20,21)8-11-24/h4-6,9,12H,2-3,7-8,10-11H2,1H3. The van der Waals surface area contributed by atoms with Crippen molar-refractivity contribution >= 4 is 28.1 Å². The van der Waals surface area contributed by atoms with Gasteiger partial charge < -0.3 is 4.90 Å². The highest BCUT2D eigenvalue weighted by atomic mass is 19.3. The van der Waals surface area contributed by atoms with Gasteiger partial charge in [-0.25, -0.2) is 18.7 Å². The van der Waals surface area contributed by atoms with Crippen LogP contribution < -0.4 is 4.90 Å². The van der Waals surface area contributed by atoms with Crippen LogP contribution >= 0.6 is 0 Å². The van der Waals surface area contributed by atoms with Gasteiger partial charge >= 0.3 is 0 Å². The Kier molecular flexibility index (Phi) is 3.71. The van der Waals surface area contributed by atoms with Crippen LogP contribution in [0, 0.1) is 0 Å². The number of halogens is 2. The summed E-state index contributed by atoms with van der Waals surface area (Å²) in [5, 5.41) is 0.947. The van der Waals surface area contributed by atoms with Gasteiger partial charge in [-0.1, -0.05) is 25.6 Å². The Morgan fingerprint density at radius 1 is 1.28 bits per heavy atom. The number of piperidine rings is 1. The SMILES string of the molecule is C=C(CC)c1cccc2c1nc(N1CCC(F)(F)CC1)n1ccnc21. The van der Waals surface area contributed by atoms with Crippen LogP contribution in [0.2, 0.25) is 0 Å². The number of imidazole rings is 1. The highest BCUT2D eigenvalue weighted by molar-refractivity contribution is 5.99. The van der Waals surface area contributed by atoms with E-state index in [0.717, 1.165) is 34.1 Å². The van der Waals surface area contributed by atoms with Crippen molar-refractivity contribution < 1.29 is 8.78 Å². The number of nitrogens with zero attached hydrogens (tertiary/aromatic N) is 4. The Morgan fingerprint density at radius 2 is 2.04 bits per heavy atom. The summed E-state index contributed by atoms with van der Waals surface area (Å²) >= 11 is 0. The molecule has 0 radical (unpaired) electrons. The summed E-state index contributed by atoms with van der Waals surface area (Å²) in [5.74, 6) is -1.91. The largest absolute Gasteiger partial charge is 0.341 e. The summed E-state index contributed by atoms with van der Waals surface area (Å²) in [6.45, 7) is 6.78. The number of anilines is 1. The molecule has 0 unspecified atom stereocenters. The molecule has 0 amide bonds. The molecule has 0 atom stereocenters. The monoisotopic (exact) mass is 342 g/mol. The van der Waals surface area contributed by atoms with E-state index >= 15 is 0 Å². The van der Waals surface area contributed by atoms with Gasteiger partial charge in [-0.2, -0.15) is 0 Å². The van der Waals surface area contributed by atoms with Gasteiger partial charge in [0.2, 0.25) is 5.95 Å². The maximum atomic E-state index is 13.5. The maximum Gasteiger partial charge on any atom is 0.251 e. The van der Waals surface area contributed by atoms with Crippen molar-refractivity contribution in [3.8, 4) is 0 Å². The van der Waals surface area contributed by atoms with Gasteiger partial charge in [-0.05, 0) is 18.1 Å². The van der Waals surface area contributed by atoms with Crippen LogP contribution in [0.3, 0.4) is 0 Å². The van der Waals surface area contributed by atoms with E-state index in [1.165, 1.54) is 0 Å². The molecule has 2 aromatic heterocycles. The van der Waals surface area contributed by atoms with Gasteiger partial charge in [0.05, 0.1) is 5.52 Å². The normalized spacial score (nSPS) is 17.3. The second-order valence-corrected chi connectivity index (χ2v) is 6.53. The van der Waals surface area contributed by atoms with Gasteiger partial charge in [-0.15, -0.1) is 0 Å². The molecule has 1 fully saturated rings. The number of rotatable bonds is 3. The van der Waals surface area contributed by atoms with Gasteiger partial charge in [0.1, 0.15) is 5.65 Å². The van der Waals surface area contributed by atoms with Gasteiger partial charge in [0, 0.05) is 49.3 Å². The summed E-state index contributed by atoms with van der Waals surface area (Å²) in [4.78, 5) is 11.3. The average Bonchev–Trinajstić information content (AvgIpc) is 3.10. The lowest BCUT2D eigenvalue weighted by atomic mass is 10.0. The fraction of sp³-hybridized carbons (Fsp3) is 0.368. The van der Waals surface area contributed by atoms with E-state index in [-0.39, 0.29) is 25.9 Å². The van der Waals surface area contributed by atoms with Crippen LogP contribution in [0.15, 0.2) is 37.2 Å². The fourth-order valence-corrected chi connectivity index (χ4v) is 3.40. The highest BCUT2D eigenvalue weighted by Gasteiger charge is 2.35. The topological polar surface area (TPSA) is 33.4 Å². The van der Waals surface area contributed by atoms with Crippen molar-refractivity contribution in [3.05, 3.63) is 42.7 Å². The molecule has 25 heavy (non-hydrogen) atoms. The molecule has 3 aromatic rings. The van der Waals surface area contributed by atoms with Crippen LogP contribution in [0.1, 0.15) is 31.7 Å². The van der Waals surface area contributed by atoms with Gasteiger partial charge in [-0.3, -0.25) is 4.40 Å². The number of hydrogen-bond donors (Lipinski definition) is 0. The zero-order valence-corrected chi connectivity index (χ0v) is 14.2. The van der Waals surface area contributed by atoms with Crippen molar-refractivity contribution in [1.29, 1.82) is 0 Å². The third-order valence-corrected chi connectivity index (χ3v) is 4.93. The van der Waals surface area contributed by atoms with Crippen molar-refractivity contribution in [2.45, 2.75) is 32.1 Å². The lowest BCUT2D eigenvalue weighted by Crippen LogP contribution is -2.40. The second kappa shape index (κ2) is 5.79. The zero-order valence-electron chi connectivity index (χ0n) is 14.2. The van der Waals surface area contributed by atoms with Crippen molar-refractivity contribution in [2.75, 3.05) is 18.0 Å². The smallest absolute Gasteiger partial charge is 0.251 e. The number of benzene rings is 1. The second-order valence-electron chi connectivity index (χ2n) is 6.53. The van der Waals surface area contributed by atoms with Gasteiger partial charge in [0.25, 0.3) is 5.92 Å². The molecule has 130 valence electrons. The lowest BCUT2D eigenvalue weighted by molar-refractivity contribution is -0.0222. The van der Waals surface area contributed by atoms with Crippen LogP contribution in [0.25, 0.3) is 22.1 Å². The molecule has 0 bridgehead atoms. The third-order valence-electron chi connectivity index (χ3n) is 4.93. The minimum atomic E-state index is -2.58. The number of allylic oxidation sites excluding steroid dienone is 1. The van der Waals surface area contributed by atoms with E-state index < -0.39 is 5.92 Å². The first kappa shape index (κ1) is 16.0. The average molecular weight is 342 g/mol. The van der Waals surface area contributed by atoms with Crippen molar-refractivity contribution in [2.24, 2.45) is 0 Å². The molecule has 0 saturated carbocycles. The molecular formula is C19H20F2N4. The van der Waals surface area contributed by atoms with Crippen molar-refractivity contribution in [3.63, 3.8) is 0 Å². The van der Waals surface area contributed by atoms with E-state index in [4.69, 9.17) is 4.98 Å². The molecule has 1 saturated heterocycles. The molecule has 0 aliphatic carbocycles. The molecule has 1 aliphatic rings. The van der Waals surface area contributed by atoms with Crippen LogP contribution in [-0.2, 0) is 0 Å². The third kappa shape index (κ3) is 2.65. The molecule has 3 heterocycles.